The minimum Gasteiger partial charge on any atom is -0.443 e. The first-order chi connectivity index (χ1) is 10.9. The molecule has 1 amide bonds. The van der Waals surface area contributed by atoms with Crippen LogP contribution in [-0.2, 0) is 4.74 Å². The predicted molar refractivity (Wildman–Crippen MR) is 93.4 cm³/mol. The number of hydrogen-bond acceptors (Lipinski definition) is 4. The number of unbranched alkanes of at least 4 members (excludes halogenated alkanes) is 1. The molecule has 1 aromatic heterocycles. The number of carbonyl (C=O) groups is 1. The molecule has 0 bridgehead atoms. The van der Waals surface area contributed by atoms with Gasteiger partial charge in [-0.05, 0) is 52.2 Å². The average molecular weight is 317 g/mol. The van der Waals surface area contributed by atoms with Crippen molar-refractivity contribution in [2.24, 2.45) is 4.99 Å². The number of aliphatic imine (C=N–C) groups is 1. The van der Waals surface area contributed by atoms with Gasteiger partial charge in [-0.3, -0.25) is 9.89 Å². The smallest absolute Gasteiger partial charge is 0.416 e. The van der Waals surface area contributed by atoms with Crippen molar-refractivity contribution in [2.45, 2.75) is 59.0 Å². The summed E-state index contributed by atoms with van der Waals surface area (Å²) in [5.74, 6) is 0.634. The molecule has 2 rings (SSSR count). The van der Waals surface area contributed by atoms with Crippen molar-refractivity contribution < 1.29 is 9.53 Å². The lowest BCUT2D eigenvalue weighted by molar-refractivity contribution is 0.0579. The van der Waals surface area contributed by atoms with Gasteiger partial charge in [-0.15, -0.1) is 0 Å². The number of nitrogens with zero attached hydrogens (tertiary/aromatic N) is 3. The summed E-state index contributed by atoms with van der Waals surface area (Å²) in [6, 6.07) is 3.88. The Bertz CT molecular complexity index is 559. The highest BCUT2D eigenvalue weighted by atomic mass is 16.6. The molecule has 5 heteroatoms. The Morgan fingerprint density at radius 1 is 1.35 bits per heavy atom. The quantitative estimate of drug-likeness (QED) is 0.817. The molecule has 0 aromatic carbocycles. The highest BCUT2D eigenvalue weighted by molar-refractivity contribution is 6.01. The molecule has 1 aliphatic rings. The number of rotatable bonds is 5. The molecule has 1 aromatic rings. The summed E-state index contributed by atoms with van der Waals surface area (Å²) in [4.78, 5) is 23.0. The maximum Gasteiger partial charge on any atom is 0.416 e. The number of carbonyl (C=O) groups excluding carboxylic acids is 1. The maximum atomic E-state index is 12.4. The van der Waals surface area contributed by atoms with Crippen molar-refractivity contribution in [3.63, 3.8) is 0 Å². The lowest BCUT2D eigenvalue weighted by atomic mass is 10.1. The van der Waals surface area contributed by atoms with E-state index in [-0.39, 0.29) is 6.09 Å². The third-order valence-electron chi connectivity index (χ3n) is 3.58. The van der Waals surface area contributed by atoms with Crippen LogP contribution in [0.25, 0.3) is 0 Å². The summed E-state index contributed by atoms with van der Waals surface area (Å²) in [6.45, 7) is 9.23. The summed E-state index contributed by atoms with van der Waals surface area (Å²) in [5.41, 5.74) is 1.65. The van der Waals surface area contributed by atoms with E-state index < -0.39 is 5.60 Å². The zero-order valence-electron chi connectivity index (χ0n) is 14.6. The lowest BCUT2D eigenvalue weighted by Crippen LogP contribution is -2.38. The van der Waals surface area contributed by atoms with Gasteiger partial charge >= 0.3 is 6.09 Å². The summed E-state index contributed by atoms with van der Waals surface area (Å²) in [5, 5.41) is 0. The standard InChI is InChI=1S/C18H27N3O2/c1-5-6-12-21(17(22)23-18(2,3)4)16-10-9-14(13-20-16)15-8-7-11-19-15/h9-10,13H,5-8,11-12H2,1-4H3. The fraction of sp³-hybridized carbons (Fsp3) is 0.611. The van der Waals surface area contributed by atoms with Crippen LogP contribution in [0.2, 0.25) is 0 Å². The normalized spacial score (nSPS) is 14.5. The molecule has 2 heterocycles. The van der Waals surface area contributed by atoms with Crippen molar-refractivity contribution >= 4 is 17.6 Å². The van der Waals surface area contributed by atoms with Gasteiger partial charge in [0.15, 0.2) is 0 Å². The predicted octanol–water partition coefficient (Wildman–Crippen LogP) is 4.21. The number of pyridine rings is 1. The Morgan fingerprint density at radius 2 is 2.13 bits per heavy atom. The van der Waals surface area contributed by atoms with E-state index in [1.165, 1.54) is 0 Å². The van der Waals surface area contributed by atoms with Crippen LogP contribution in [0.5, 0.6) is 0 Å². The van der Waals surface area contributed by atoms with Crippen molar-refractivity contribution in [2.75, 3.05) is 18.0 Å². The van der Waals surface area contributed by atoms with E-state index in [1.54, 1.807) is 4.90 Å². The minimum atomic E-state index is -0.514. The van der Waals surface area contributed by atoms with Crippen molar-refractivity contribution in [3.8, 4) is 0 Å². The first kappa shape index (κ1) is 17.4. The molecule has 0 fully saturated rings. The minimum absolute atomic E-state index is 0.343. The van der Waals surface area contributed by atoms with Crippen LogP contribution in [-0.4, -0.2) is 35.5 Å². The molecule has 0 spiro atoms. The van der Waals surface area contributed by atoms with Crippen molar-refractivity contribution in [3.05, 3.63) is 23.9 Å². The molecule has 5 nitrogen and oxygen atoms in total. The highest BCUT2D eigenvalue weighted by Gasteiger charge is 2.24. The fourth-order valence-corrected chi connectivity index (χ4v) is 2.42. The average Bonchev–Trinajstić information content (AvgIpc) is 3.00. The Labute approximate surface area is 138 Å². The maximum absolute atomic E-state index is 12.4. The van der Waals surface area contributed by atoms with Gasteiger partial charge in [0.05, 0.1) is 0 Å². The van der Waals surface area contributed by atoms with Gasteiger partial charge < -0.3 is 4.74 Å². The molecule has 1 aliphatic heterocycles. The van der Waals surface area contributed by atoms with E-state index in [0.29, 0.717) is 12.4 Å². The van der Waals surface area contributed by atoms with Crippen LogP contribution in [0.15, 0.2) is 23.3 Å². The Hall–Kier alpha value is -1.91. The molecule has 0 N–H and O–H groups in total. The van der Waals surface area contributed by atoms with E-state index in [0.717, 1.165) is 43.5 Å². The van der Waals surface area contributed by atoms with Gasteiger partial charge in [-0.2, -0.15) is 0 Å². The van der Waals surface area contributed by atoms with Gasteiger partial charge in [0, 0.05) is 30.6 Å². The first-order valence-electron chi connectivity index (χ1n) is 8.41. The largest absolute Gasteiger partial charge is 0.443 e. The molecule has 0 saturated heterocycles. The van der Waals surface area contributed by atoms with Gasteiger partial charge in [-0.1, -0.05) is 13.3 Å². The Balaban J connectivity index is 2.16. The Morgan fingerprint density at radius 3 is 2.65 bits per heavy atom. The number of ether oxygens (including phenoxy) is 1. The van der Waals surface area contributed by atoms with Gasteiger partial charge in [0.2, 0.25) is 0 Å². The zero-order valence-corrected chi connectivity index (χ0v) is 14.6. The molecular weight excluding hydrogens is 290 g/mol. The molecular formula is C18H27N3O2. The SMILES string of the molecule is CCCCN(C(=O)OC(C)(C)C)c1ccc(C2=NCCC2)cn1. The highest BCUT2D eigenvalue weighted by Crippen LogP contribution is 2.19. The fourth-order valence-electron chi connectivity index (χ4n) is 2.42. The zero-order chi connectivity index (χ0) is 16.9. The molecule has 0 aliphatic carbocycles. The molecule has 0 atom stereocenters. The summed E-state index contributed by atoms with van der Waals surface area (Å²) >= 11 is 0. The topological polar surface area (TPSA) is 54.8 Å². The van der Waals surface area contributed by atoms with E-state index in [9.17, 15) is 4.79 Å². The summed E-state index contributed by atoms with van der Waals surface area (Å²) in [6.07, 6.45) is 5.50. The second-order valence-electron chi connectivity index (χ2n) is 6.82. The molecule has 0 unspecified atom stereocenters. The van der Waals surface area contributed by atoms with E-state index >= 15 is 0 Å². The van der Waals surface area contributed by atoms with Crippen molar-refractivity contribution in [1.29, 1.82) is 0 Å². The van der Waals surface area contributed by atoms with Crippen LogP contribution in [0.1, 0.15) is 58.9 Å². The third kappa shape index (κ3) is 5.05. The van der Waals surface area contributed by atoms with E-state index in [4.69, 9.17) is 4.74 Å². The second kappa shape index (κ2) is 7.57. The van der Waals surface area contributed by atoms with Crippen LogP contribution in [0.4, 0.5) is 10.6 Å². The molecule has 126 valence electrons. The first-order valence-corrected chi connectivity index (χ1v) is 8.41. The molecule has 0 radical (unpaired) electrons. The number of hydrogen-bond donors (Lipinski definition) is 0. The van der Waals surface area contributed by atoms with Crippen LogP contribution < -0.4 is 4.90 Å². The summed E-state index contributed by atoms with van der Waals surface area (Å²) in [7, 11) is 0. The van der Waals surface area contributed by atoms with Gasteiger partial charge in [-0.25, -0.2) is 9.78 Å². The molecule has 23 heavy (non-hydrogen) atoms. The summed E-state index contributed by atoms with van der Waals surface area (Å²) < 4.78 is 5.50. The van der Waals surface area contributed by atoms with Crippen LogP contribution >= 0.6 is 0 Å². The number of anilines is 1. The lowest BCUT2D eigenvalue weighted by Gasteiger charge is -2.26. The van der Waals surface area contributed by atoms with Crippen LogP contribution in [0.3, 0.4) is 0 Å². The second-order valence-corrected chi connectivity index (χ2v) is 6.82. The van der Waals surface area contributed by atoms with Gasteiger partial charge in [0.1, 0.15) is 11.4 Å². The van der Waals surface area contributed by atoms with Crippen molar-refractivity contribution in [1.82, 2.24) is 4.98 Å². The van der Waals surface area contributed by atoms with Gasteiger partial charge in [0.25, 0.3) is 0 Å². The monoisotopic (exact) mass is 317 g/mol. The Kier molecular flexibility index (Phi) is 5.74. The van der Waals surface area contributed by atoms with E-state index in [1.807, 2.05) is 39.1 Å². The van der Waals surface area contributed by atoms with Crippen LogP contribution in [0, 0.1) is 0 Å². The van der Waals surface area contributed by atoms with E-state index in [2.05, 4.69) is 16.9 Å². The third-order valence-corrected chi connectivity index (χ3v) is 3.58. The number of aromatic nitrogens is 1. The number of amides is 1. The molecule has 0 saturated carbocycles.